The lowest BCUT2D eigenvalue weighted by molar-refractivity contribution is 0.865. The molecule has 1 fully saturated rings. The second-order valence-electron chi connectivity index (χ2n) is 4.42. The molecule has 2 aromatic rings. The summed E-state index contributed by atoms with van der Waals surface area (Å²) >= 11 is 1.59. The molecule has 1 saturated carbocycles. The van der Waals surface area contributed by atoms with E-state index in [0.717, 1.165) is 10.8 Å². The first-order valence-corrected chi connectivity index (χ1v) is 6.82. The molecule has 0 unspecified atom stereocenters. The summed E-state index contributed by atoms with van der Waals surface area (Å²) in [4.78, 5) is 12.2. The largest absolute Gasteiger partial charge is 0.285 e. The van der Waals surface area contributed by atoms with Crippen molar-refractivity contribution < 1.29 is 0 Å². The first-order valence-electron chi connectivity index (χ1n) is 5.99. The Labute approximate surface area is 104 Å². The van der Waals surface area contributed by atoms with E-state index in [0.29, 0.717) is 5.25 Å². The Kier molecular flexibility index (Phi) is 2.89. The van der Waals surface area contributed by atoms with Gasteiger partial charge in [0.25, 0.3) is 5.56 Å². The maximum Gasteiger partial charge on any atom is 0.285 e. The Bertz CT molecular complexity index is 587. The number of fused-ring (bicyclic) bond motifs is 1. The van der Waals surface area contributed by atoms with Crippen molar-refractivity contribution in [2.45, 2.75) is 30.9 Å². The summed E-state index contributed by atoms with van der Waals surface area (Å²) in [6.45, 7) is 0. The highest BCUT2D eigenvalue weighted by atomic mass is 32.2. The standard InChI is InChI=1S/C13H14N2OS/c16-13-12-8-4-1-5-10(12)9-14-15(13)17-11-6-2-3-7-11/h1,4-5,8-9,11H,2-3,6-7H2. The molecule has 17 heavy (non-hydrogen) atoms. The average Bonchev–Trinajstić information content (AvgIpc) is 2.86. The van der Waals surface area contributed by atoms with E-state index in [4.69, 9.17) is 0 Å². The molecular formula is C13H14N2OS. The molecule has 0 amide bonds. The smallest absolute Gasteiger partial charge is 0.266 e. The van der Waals surface area contributed by atoms with E-state index in [-0.39, 0.29) is 5.56 Å². The van der Waals surface area contributed by atoms with Crippen LogP contribution in [0.15, 0.2) is 35.3 Å². The summed E-state index contributed by atoms with van der Waals surface area (Å²) in [5, 5.41) is 6.47. The molecule has 0 bridgehead atoms. The van der Waals surface area contributed by atoms with Crippen LogP contribution in [0.1, 0.15) is 25.7 Å². The molecule has 88 valence electrons. The van der Waals surface area contributed by atoms with Gasteiger partial charge in [-0.1, -0.05) is 31.0 Å². The van der Waals surface area contributed by atoms with Crippen LogP contribution in [0.5, 0.6) is 0 Å². The molecule has 1 aliphatic rings. The van der Waals surface area contributed by atoms with Gasteiger partial charge < -0.3 is 0 Å². The van der Waals surface area contributed by atoms with Crippen LogP contribution in [0.2, 0.25) is 0 Å². The minimum atomic E-state index is 0.0139. The molecule has 0 N–H and O–H groups in total. The van der Waals surface area contributed by atoms with Crippen molar-refractivity contribution in [1.82, 2.24) is 9.19 Å². The number of hydrogen-bond donors (Lipinski definition) is 0. The molecule has 3 nitrogen and oxygen atoms in total. The van der Waals surface area contributed by atoms with Crippen LogP contribution in [0.4, 0.5) is 0 Å². The van der Waals surface area contributed by atoms with Crippen LogP contribution in [0, 0.1) is 0 Å². The van der Waals surface area contributed by atoms with Crippen LogP contribution >= 0.6 is 11.9 Å². The molecular weight excluding hydrogens is 232 g/mol. The minimum absolute atomic E-state index is 0.0139. The Morgan fingerprint density at radius 1 is 1.24 bits per heavy atom. The van der Waals surface area contributed by atoms with Crippen LogP contribution in [0.25, 0.3) is 10.8 Å². The fraction of sp³-hybridized carbons (Fsp3) is 0.385. The van der Waals surface area contributed by atoms with Crippen LogP contribution in [-0.4, -0.2) is 14.4 Å². The van der Waals surface area contributed by atoms with E-state index in [2.05, 4.69) is 5.10 Å². The SMILES string of the molecule is O=c1c2ccccc2cnn1SC1CCCC1. The van der Waals surface area contributed by atoms with E-state index >= 15 is 0 Å². The average molecular weight is 246 g/mol. The summed E-state index contributed by atoms with van der Waals surface area (Å²) in [7, 11) is 0. The van der Waals surface area contributed by atoms with Gasteiger partial charge in [-0.25, -0.2) is 0 Å². The van der Waals surface area contributed by atoms with Gasteiger partial charge in [0.1, 0.15) is 0 Å². The molecule has 0 aliphatic heterocycles. The van der Waals surface area contributed by atoms with Gasteiger partial charge in [0.15, 0.2) is 0 Å². The molecule has 0 atom stereocenters. The van der Waals surface area contributed by atoms with E-state index in [9.17, 15) is 4.79 Å². The van der Waals surface area contributed by atoms with Gasteiger partial charge in [0.05, 0.1) is 11.6 Å². The first-order chi connectivity index (χ1) is 8.34. The zero-order valence-corrected chi connectivity index (χ0v) is 10.3. The number of rotatable bonds is 2. The quantitative estimate of drug-likeness (QED) is 0.817. The molecule has 0 spiro atoms. The number of benzene rings is 1. The molecule has 0 saturated heterocycles. The van der Waals surface area contributed by atoms with Crippen molar-refractivity contribution in [3.8, 4) is 0 Å². The molecule has 3 rings (SSSR count). The monoisotopic (exact) mass is 246 g/mol. The molecule has 0 radical (unpaired) electrons. The van der Waals surface area contributed by atoms with Crippen molar-refractivity contribution in [1.29, 1.82) is 0 Å². The lowest BCUT2D eigenvalue weighted by Gasteiger charge is -2.09. The maximum atomic E-state index is 12.2. The second-order valence-corrected chi connectivity index (χ2v) is 5.65. The third-order valence-corrected chi connectivity index (χ3v) is 4.45. The summed E-state index contributed by atoms with van der Waals surface area (Å²) in [5.41, 5.74) is 0.0139. The first kappa shape index (κ1) is 10.8. The summed E-state index contributed by atoms with van der Waals surface area (Å²) in [6, 6.07) is 7.62. The van der Waals surface area contributed by atoms with Gasteiger partial charge in [0, 0.05) is 10.6 Å². The number of hydrogen-bond acceptors (Lipinski definition) is 3. The molecule has 1 heterocycles. The van der Waals surface area contributed by atoms with Crippen molar-refractivity contribution in [2.75, 3.05) is 0 Å². The van der Waals surface area contributed by atoms with Gasteiger partial charge in [-0.2, -0.15) is 9.19 Å². The van der Waals surface area contributed by atoms with E-state index in [1.807, 2.05) is 24.3 Å². The zero-order chi connectivity index (χ0) is 11.7. The Morgan fingerprint density at radius 2 is 2.00 bits per heavy atom. The summed E-state index contributed by atoms with van der Waals surface area (Å²) in [5.74, 6) is 0. The number of nitrogens with zero attached hydrogens (tertiary/aromatic N) is 2. The van der Waals surface area contributed by atoms with Crippen LogP contribution in [0.3, 0.4) is 0 Å². The van der Waals surface area contributed by atoms with Gasteiger partial charge in [-0.05, 0) is 30.9 Å². The molecule has 4 heteroatoms. The van der Waals surface area contributed by atoms with Crippen molar-refractivity contribution in [2.24, 2.45) is 0 Å². The zero-order valence-electron chi connectivity index (χ0n) is 9.50. The molecule has 1 aliphatic carbocycles. The fourth-order valence-corrected chi connectivity index (χ4v) is 3.41. The summed E-state index contributed by atoms with van der Waals surface area (Å²) < 4.78 is 1.55. The third-order valence-electron chi connectivity index (χ3n) is 3.22. The van der Waals surface area contributed by atoms with E-state index < -0.39 is 0 Å². The van der Waals surface area contributed by atoms with Gasteiger partial charge in [0.2, 0.25) is 0 Å². The normalized spacial score (nSPS) is 16.7. The van der Waals surface area contributed by atoms with E-state index in [1.54, 1.807) is 22.2 Å². The lowest BCUT2D eigenvalue weighted by atomic mass is 10.2. The minimum Gasteiger partial charge on any atom is -0.266 e. The fourth-order valence-electron chi connectivity index (χ4n) is 2.28. The maximum absolute atomic E-state index is 12.2. The predicted molar refractivity (Wildman–Crippen MR) is 71.2 cm³/mol. The molecule has 1 aromatic carbocycles. The highest BCUT2D eigenvalue weighted by Gasteiger charge is 2.17. The Hall–Kier alpha value is -1.29. The second kappa shape index (κ2) is 4.53. The van der Waals surface area contributed by atoms with Gasteiger partial charge >= 0.3 is 0 Å². The number of aromatic nitrogens is 2. The Morgan fingerprint density at radius 3 is 2.82 bits per heavy atom. The van der Waals surface area contributed by atoms with Crippen LogP contribution < -0.4 is 5.56 Å². The summed E-state index contributed by atoms with van der Waals surface area (Å²) in [6.07, 6.45) is 6.73. The predicted octanol–water partition coefficient (Wildman–Crippen LogP) is 2.84. The van der Waals surface area contributed by atoms with Crippen molar-refractivity contribution in [3.05, 3.63) is 40.8 Å². The topological polar surface area (TPSA) is 34.9 Å². The lowest BCUT2D eigenvalue weighted by Crippen LogP contribution is -2.20. The van der Waals surface area contributed by atoms with Gasteiger partial charge in [-0.15, -0.1) is 0 Å². The van der Waals surface area contributed by atoms with Crippen molar-refractivity contribution in [3.63, 3.8) is 0 Å². The highest BCUT2D eigenvalue weighted by molar-refractivity contribution is 7.98. The van der Waals surface area contributed by atoms with E-state index in [1.165, 1.54) is 25.7 Å². The third kappa shape index (κ3) is 2.09. The van der Waals surface area contributed by atoms with Crippen LogP contribution in [-0.2, 0) is 0 Å². The highest BCUT2D eigenvalue weighted by Crippen LogP contribution is 2.29. The van der Waals surface area contributed by atoms with Gasteiger partial charge in [-0.3, -0.25) is 4.79 Å². The Balaban J connectivity index is 1.99. The molecule has 1 aromatic heterocycles. The van der Waals surface area contributed by atoms with Crippen molar-refractivity contribution >= 4 is 22.7 Å².